The van der Waals surface area contributed by atoms with Crippen molar-refractivity contribution in [1.82, 2.24) is 0 Å². The Kier molecular flexibility index (Phi) is 5.03. The molecule has 0 radical (unpaired) electrons. The summed E-state index contributed by atoms with van der Waals surface area (Å²) in [6, 6.07) is 9.20. The van der Waals surface area contributed by atoms with Crippen LogP contribution in [-0.4, -0.2) is 7.11 Å². The summed E-state index contributed by atoms with van der Waals surface area (Å²) in [4.78, 5) is 0. The maximum absolute atomic E-state index is 6.08. The molecule has 20 heavy (non-hydrogen) atoms. The van der Waals surface area contributed by atoms with Gasteiger partial charge in [0.15, 0.2) is 0 Å². The fourth-order valence-corrected chi connectivity index (χ4v) is 2.61. The molecule has 0 aliphatic carbocycles. The molecule has 2 rings (SSSR count). The number of benzene rings is 2. The van der Waals surface area contributed by atoms with Crippen molar-refractivity contribution < 1.29 is 4.74 Å². The van der Waals surface area contributed by atoms with Gasteiger partial charge in [-0.2, -0.15) is 0 Å². The molecule has 0 fully saturated rings. The molecule has 0 unspecified atom stereocenters. The Hall–Kier alpha value is -1.09. The van der Waals surface area contributed by atoms with Crippen LogP contribution in [0, 0.1) is 6.92 Å². The van der Waals surface area contributed by atoms with Gasteiger partial charge < -0.3 is 10.1 Å². The summed E-state index contributed by atoms with van der Waals surface area (Å²) in [5.41, 5.74) is 2.86. The molecule has 0 spiro atoms. The minimum atomic E-state index is 0.595. The molecule has 5 heteroatoms. The van der Waals surface area contributed by atoms with Crippen molar-refractivity contribution in [3.05, 3.63) is 56.5 Å². The Bertz CT molecular complexity index is 609. The zero-order valence-electron chi connectivity index (χ0n) is 11.1. The Morgan fingerprint density at radius 1 is 1.00 bits per heavy atom. The SMILES string of the molecule is COc1cc(Cl)c(C)cc1NCc1cc(Cl)cc(Cl)c1. The molecule has 0 saturated carbocycles. The smallest absolute Gasteiger partial charge is 0.143 e. The first-order chi connectivity index (χ1) is 9.49. The molecule has 0 saturated heterocycles. The van der Waals surface area contributed by atoms with E-state index < -0.39 is 0 Å². The van der Waals surface area contributed by atoms with Crippen LogP contribution < -0.4 is 10.1 Å². The van der Waals surface area contributed by atoms with Crippen LogP contribution in [0.25, 0.3) is 0 Å². The lowest BCUT2D eigenvalue weighted by atomic mass is 10.2. The minimum absolute atomic E-state index is 0.595. The number of halogens is 3. The molecule has 1 N–H and O–H groups in total. The predicted octanol–water partition coefficient (Wildman–Crippen LogP) is 5.58. The molecular formula is C15H14Cl3NO. The normalized spacial score (nSPS) is 10.4. The summed E-state index contributed by atoms with van der Waals surface area (Å²) in [6.07, 6.45) is 0. The van der Waals surface area contributed by atoms with E-state index in [4.69, 9.17) is 39.5 Å². The van der Waals surface area contributed by atoms with Crippen LogP contribution in [0.4, 0.5) is 5.69 Å². The highest BCUT2D eigenvalue weighted by molar-refractivity contribution is 6.34. The maximum Gasteiger partial charge on any atom is 0.143 e. The molecule has 2 aromatic carbocycles. The van der Waals surface area contributed by atoms with Gasteiger partial charge >= 0.3 is 0 Å². The number of hydrogen-bond acceptors (Lipinski definition) is 2. The molecule has 2 aromatic rings. The van der Waals surface area contributed by atoms with Gasteiger partial charge in [0, 0.05) is 27.7 Å². The first-order valence-corrected chi connectivity index (χ1v) is 7.16. The standard InChI is InChI=1S/C15H14Cl3NO/c1-9-3-14(15(20-2)7-13(9)18)19-8-10-4-11(16)6-12(17)5-10/h3-7,19H,8H2,1-2H3. The lowest BCUT2D eigenvalue weighted by molar-refractivity contribution is 0.416. The van der Waals surface area contributed by atoms with Crippen molar-refractivity contribution in [3.8, 4) is 5.75 Å². The quantitative estimate of drug-likeness (QED) is 0.790. The highest BCUT2D eigenvalue weighted by Gasteiger charge is 2.07. The summed E-state index contributed by atoms with van der Waals surface area (Å²) >= 11 is 18.0. The van der Waals surface area contributed by atoms with Gasteiger partial charge in [-0.25, -0.2) is 0 Å². The van der Waals surface area contributed by atoms with Gasteiger partial charge in [-0.05, 0) is 42.3 Å². The van der Waals surface area contributed by atoms with Crippen LogP contribution in [0.15, 0.2) is 30.3 Å². The van der Waals surface area contributed by atoms with E-state index in [9.17, 15) is 0 Å². The first-order valence-electron chi connectivity index (χ1n) is 6.02. The summed E-state index contributed by atoms with van der Waals surface area (Å²) < 4.78 is 5.32. The van der Waals surface area contributed by atoms with Crippen molar-refractivity contribution in [2.75, 3.05) is 12.4 Å². The summed E-state index contributed by atoms with van der Waals surface area (Å²) in [7, 11) is 1.61. The largest absolute Gasteiger partial charge is 0.495 e. The van der Waals surface area contributed by atoms with Crippen molar-refractivity contribution in [1.29, 1.82) is 0 Å². The van der Waals surface area contributed by atoms with Crippen LogP contribution in [0.5, 0.6) is 5.75 Å². The van der Waals surface area contributed by atoms with E-state index in [0.29, 0.717) is 27.4 Å². The number of ether oxygens (including phenoxy) is 1. The maximum atomic E-state index is 6.08. The van der Waals surface area contributed by atoms with E-state index in [0.717, 1.165) is 16.8 Å². The number of hydrogen-bond donors (Lipinski definition) is 1. The fraction of sp³-hybridized carbons (Fsp3) is 0.200. The average Bonchev–Trinajstić information content (AvgIpc) is 2.38. The molecule has 0 aromatic heterocycles. The van der Waals surface area contributed by atoms with Crippen molar-refractivity contribution in [3.63, 3.8) is 0 Å². The van der Waals surface area contributed by atoms with Crippen LogP contribution in [0.1, 0.15) is 11.1 Å². The Balaban J connectivity index is 2.20. The molecule has 0 aliphatic rings. The molecule has 0 bridgehead atoms. The Labute approximate surface area is 133 Å². The van der Waals surface area contributed by atoms with Crippen LogP contribution in [0.3, 0.4) is 0 Å². The topological polar surface area (TPSA) is 21.3 Å². The highest BCUT2D eigenvalue weighted by atomic mass is 35.5. The predicted molar refractivity (Wildman–Crippen MR) is 86.5 cm³/mol. The number of aryl methyl sites for hydroxylation is 1. The Morgan fingerprint density at radius 2 is 1.65 bits per heavy atom. The fourth-order valence-electron chi connectivity index (χ4n) is 1.88. The molecule has 106 valence electrons. The third-order valence-electron chi connectivity index (χ3n) is 2.89. The number of methoxy groups -OCH3 is 1. The zero-order valence-corrected chi connectivity index (χ0v) is 13.4. The molecule has 0 aliphatic heterocycles. The van der Waals surface area contributed by atoms with Crippen molar-refractivity contribution in [2.24, 2.45) is 0 Å². The third kappa shape index (κ3) is 3.72. The van der Waals surface area contributed by atoms with E-state index in [2.05, 4.69) is 5.32 Å². The summed E-state index contributed by atoms with van der Waals surface area (Å²) in [5.74, 6) is 0.703. The van der Waals surface area contributed by atoms with Crippen molar-refractivity contribution >= 4 is 40.5 Å². The van der Waals surface area contributed by atoms with Gasteiger partial charge in [0.1, 0.15) is 5.75 Å². The lowest BCUT2D eigenvalue weighted by Crippen LogP contribution is -2.02. The van der Waals surface area contributed by atoms with Crippen LogP contribution in [0.2, 0.25) is 15.1 Å². The third-order valence-corrected chi connectivity index (χ3v) is 3.73. The second kappa shape index (κ2) is 6.57. The highest BCUT2D eigenvalue weighted by Crippen LogP contribution is 2.31. The summed E-state index contributed by atoms with van der Waals surface area (Å²) in [5, 5.41) is 5.22. The van der Waals surface area contributed by atoms with Crippen LogP contribution in [-0.2, 0) is 6.54 Å². The monoisotopic (exact) mass is 329 g/mol. The first kappa shape index (κ1) is 15.3. The van der Waals surface area contributed by atoms with E-state index in [1.54, 1.807) is 19.2 Å². The average molecular weight is 331 g/mol. The van der Waals surface area contributed by atoms with Gasteiger partial charge in [0.05, 0.1) is 12.8 Å². The second-order valence-corrected chi connectivity index (χ2v) is 5.71. The molecule has 0 heterocycles. The van der Waals surface area contributed by atoms with Gasteiger partial charge in [-0.1, -0.05) is 34.8 Å². The molecule has 2 nitrogen and oxygen atoms in total. The van der Waals surface area contributed by atoms with Crippen molar-refractivity contribution in [2.45, 2.75) is 13.5 Å². The van der Waals surface area contributed by atoms with E-state index in [-0.39, 0.29) is 0 Å². The van der Waals surface area contributed by atoms with Gasteiger partial charge in [-0.15, -0.1) is 0 Å². The second-order valence-electron chi connectivity index (χ2n) is 4.43. The number of anilines is 1. The van der Waals surface area contributed by atoms with E-state index in [1.165, 1.54) is 0 Å². The van der Waals surface area contributed by atoms with E-state index in [1.807, 2.05) is 25.1 Å². The number of rotatable bonds is 4. The Morgan fingerprint density at radius 3 is 2.25 bits per heavy atom. The summed E-state index contributed by atoms with van der Waals surface area (Å²) in [6.45, 7) is 2.54. The minimum Gasteiger partial charge on any atom is -0.495 e. The van der Waals surface area contributed by atoms with Crippen LogP contribution >= 0.6 is 34.8 Å². The molecule has 0 atom stereocenters. The van der Waals surface area contributed by atoms with Gasteiger partial charge in [-0.3, -0.25) is 0 Å². The number of nitrogens with one attached hydrogen (secondary N) is 1. The van der Waals surface area contributed by atoms with E-state index >= 15 is 0 Å². The zero-order chi connectivity index (χ0) is 14.7. The van der Waals surface area contributed by atoms with Gasteiger partial charge in [0.2, 0.25) is 0 Å². The lowest BCUT2D eigenvalue weighted by Gasteiger charge is -2.13. The molecule has 0 amide bonds. The molecular weight excluding hydrogens is 317 g/mol. The van der Waals surface area contributed by atoms with Gasteiger partial charge in [0.25, 0.3) is 0 Å².